The van der Waals surface area contributed by atoms with Gasteiger partial charge in [-0.1, -0.05) is 35.9 Å². The van der Waals surface area contributed by atoms with Crippen LogP contribution in [0.1, 0.15) is 23.5 Å². The van der Waals surface area contributed by atoms with Gasteiger partial charge in [0.1, 0.15) is 5.82 Å². The van der Waals surface area contributed by atoms with E-state index in [2.05, 4.69) is 36.4 Å². The van der Waals surface area contributed by atoms with Crippen molar-refractivity contribution in [3.8, 4) is 0 Å². The predicted molar refractivity (Wildman–Crippen MR) is 95.7 cm³/mol. The fourth-order valence-electron chi connectivity index (χ4n) is 2.59. The molecule has 2 nitrogen and oxygen atoms in total. The molecule has 2 aromatic rings. The van der Waals surface area contributed by atoms with E-state index in [1.165, 1.54) is 17.7 Å². The second kappa shape index (κ2) is 9.02. The number of nitrogens with one attached hydrogen (secondary N) is 1. The van der Waals surface area contributed by atoms with E-state index in [1.54, 1.807) is 0 Å². The highest BCUT2D eigenvalue weighted by atomic mass is 35.5. The molecular weight excluding hydrogens is 311 g/mol. The molecule has 0 amide bonds. The number of hydrogen-bond acceptors (Lipinski definition) is 2. The summed E-state index contributed by atoms with van der Waals surface area (Å²) >= 11 is 5.99. The average Bonchev–Trinajstić information content (AvgIpc) is 2.53. The lowest BCUT2D eigenvalue weighted by molar-refractivity contribution is 0.398. The van der Waals surface area contributed by atoms with Gasteiger partial charge in [-0.25, -0.2) is 4.39 Å². The molecule has 0 fully saturated rings. The quantitative estimate of drug-likeness (QED) is 0.729. The molecule has 1 N–H and O–H groups in total. The Hall–Kier alpha value is -1.42. The predicted octanol–water partition coefficient (Wildman–Crippen LogP) is 4.15. The largest absolute Gasteiger partial charge is 0.315 e. The van der Waals surface area contributed by atoms with Crippen molar-refractivity contribution < 1.29 is 4.39 Å². The lowest BCUT2D eigenvalue weighted by Crippen LogP contribution is -2.28. The fraction of sp³-hybridized carbons (Fsp3) is 0.368. The van der Waals surface area contributed by atoms with Crippen LogP contribution in [-0.4, -0.2) is 38.6 Å². The Bertz CT molecular complexity index is 536. The smallest absolute Gasteiger partial charge is 0.123 e. The van der Waals surface area contributed by atoms with E-state index in [1.807, 2.05) is 24.3 Å². The van der Waals surface area contributed by atoms with Gasteiger partial charge in [-0.2, -0.15) is 0 Å². The highest BCUT2D eigenvalue weighted by molar-refractivity contribution is 6.30. The number of halogens is 2. The molecule has 4 heteroatoms. The molecule has 0 bridgehead atoms. The van der Waals surface area contributed by atoms with Crippen molar-refractivity contribution in [2.45, 2.75) is 12.3 Å². The minimum absolute atomic E-state index is 0.201. The van der Waals surface area contributed by atoms with Gasteiger partial charge in [0.15, 0.2) is 0 Å². The van der Waals surface area contributed by atoms with Crippen molar-refractivity contribution in [1.82, 2.24) is 10.2 Å². The van der Waals surface area contributed by atoms with E-state index >= 15 is 0 Å². The molecule has 0 heterocycles. The van der Waals surface area contributed by atoms with Crippen LogP contribution in [0.15, 0.2) is 48.5 Å². The first kappa shape index (κ1) is 17.9. The van der Waals surface area contributed by atoms with Gasteiger partial charge in [0.05, 0.1) is 0 Å². The number of nitrogens with zero attached hydrogens (tertiary/aromatic N) is 1. The lowest BCUT2D eigenvalue weighted by atomic mass is 9.88. The summed E-state index contributed by atoms with van der Waals surface area (Å²) in [5.74, 6) is 0.0347. The van der Waals surface area contributed by atoms with Crippen molar-refractivity contribution >= 4 is 11.6 Å². The molecule has 1 unspecified atom stereocenters. The zero-order valence-electron chi connectivity index (χ0n) is 13.7. The Kier molecular flexibility index (Phi) is 7.03. The lowest BCUT2D eigenvalue weighted by Gasteiger charge is -2.19. The number of hydrogen-bond donors (Lipinski definition) is 1. The van der Waals surface area contributed by atoms with Gasteiger partial charge in [-0.3, -0.25) is 0 Å². The van der Waals surface area contributed by atoms with Crippen molar-refractivity contribution in [2.24, 2.45) is 0 Å². The molecule has 0 aliphatic carbocycles. The Labute approximate surface area is 143 Å². The summed E-state index contributed by atoms with van der Waals surface area (Å²) in [7, 11) is 4.13. The third-order valence-electron chi connectivity index (χ3n) is 3.89. The highest BCUT2D eigenvalue weighted by Crippen LogP contribution is 2.28. The Morgan fingerprint density at radius 2 is 1.52 bits per heavy atom. The summed E-state index contributed by atoms with van der Waals surface area (Å²) in [6.07, 6.45) is 0.959. The van der Waals surface area contributed by atoms with E-state index in [0.717, 1.165) is 36.6 Å². The van der Waals surface area contributed by atoms with Crippen molar-refractivity contribution in [3.05, 3.63) is 70.5 Å². The molecule has 124 valence electrons. The molecule has 0 spiro atoms. The number of benzene rings is 2. The molecule has 0 aromatic heterocycles. The van der Waals surface area contributed by atoms with E-state index < -0.39 is 0 Å². The van der Waals surface area contributed by atoms with Crippen LogP contribution in [0.3, 0.4) is 0 Å². The summed E-state index contributed by atoms with van der Waals surface area (Å²) in [5.41, 5.74) is 2.33. The average molecular weight is 335 g/mol. The molecule has 23 heavy (non-hydrogen) atoms. The normalized spacial score (nSPS) is 12.6. The number of rotatable bonds is 8. The molecule has 0 aliphatic rings. The number of likely N-dealkylation sites (N-methyl/N-ethyl adjacent to an activating group) is 1. The molecule has 1 atom stereocenters. The van der Waals surface area contributed by atoms with Crippen LogP contribution >= 0.6 is 11.6 Å². The van der Waals surface area contributed by atoms with Gasteiger partial charge >= 0.3 is 0 Å². The van der Waals surface area contributed by atoms with Gasteiger partial charge in [0.25, 0.3) is 0 Å². The standard InChI is InChI=1S/C19H24ClFN2/c1-23(2)14-13-22-12-11-19(15-3-7-17(20)8-4-15)16-5-9-18(21)10-6-16/h3-10,19,22H,11-14H2,1-2H3. The van der Waals surface area contributed by atoms with E-state index in [9.17, 15) is 4.39 Å². The van der Waals surface area contributed by atoms with Crippen LogP contribution in [0.4, 0.5) is 4.39 Å². The van der Waals surface area contributed by atoms with Gasteiger partial charge in [-0.15, -0.1) is 0 Å². The topological polar surface area (TPSA) is 15.3 Å². The van der Waals surface area contributed by atoms with Crippen molar-refractivity contribution in [1.29, 1.82) is 0 Å². The Morgan fingerprint density at radius 3 is 2.09 bits per heavy atom. The molecule has 2 aromatic carbocycles. The first-order valence-corrected chi connectivity index (χ1v) is 8.30. The van der Waals surface area contributed by atoms with Crippen LogP contribution < -0.4 is 5.32 Å². The van der Waals surface area contributed by atoms with Crippen LogP contribution in [-0.2, 0) is 0 Å². The van der Waals surface area contributed by atoms with Crippen molar-refractivity contribution in [3.63, 3.8) is 0 Å². The SMILES string of the molecule is CN(C)CCNCCC(c1ccc(F)cc1)c1ccc(Cl)cc1. The maximum absolute atomic E-state index is 13.2. The minimum Gasteiger partial charge on any atom is -0.315 e. The van der Waals surface area contributed by atoms with Crippen molar-refractivity contribution in [2.75, 3.05) is 33.7 Å². The van der Waals surface area contributed by atoms with Gasteiger partial charge in [-0.05, 0) is 62.5 Å². The first-order chi connectivity index (χ1) is 11.1. The third kappa shape index (κ3) is 5.94. The maximum atomic E-state index is 13.2. The molecule has 0 aliphatic heterocycles. The van der Waals surface area contributed by atoms with Crippen LogP contribution in [0.25, 0.3) is 0 Å². The second-order valence-corrected chi connectivity index (χ2v) is 6.43. The molecule has 2 rings (SSSR count). The molecule has 0 radical (unpaired) electrons. The van der Waals surface area contributed by atoms with Crippen LogP contribution in [0, 0.1) is 5.82 Å². The summed E-state index contributed by atoms with van der Waals surface area (Å²) in [6.45, 7) is 2.89. The maximum Gasteiger partial charge on any atom is 0.123 e. The summed E-state index contributed by atoms with van der Waals surface area (Å²) in [4.78, 5) is 2.16. The van der Waals surface area contributed by atoms with Crippen LogP contribution in [0.2, 0.25) is 5.02 Å². The van der Waals surface area contributed by atoms with E-state index in [-0.39, 0.29) is 11.7 Å². The minimum atomic E-state index is -0.201. The zero-order valence-corrected chi connectivity index (χ0v) is 14.5. The third-order valence-corrected chi connectivity index (χ3v) is 4.14. The summed E-state index contributed by atoms with van der Waals surface area (Å²) < 4.78 is 13.2. The zero-order chi connectivity index (χ0) is 16.7. The highest BCUT2D eigenvalue weighted by Gasteiger charge is 2.14. The first-order valence-electron chi connectivity index (χ1n) is 7.92. The monoisotopic (exact) mass is 334 g/mol. The second-order valence-electron chi connectivity index (χ2n) is 6.00. The van der Waals surface area contributed by atoms with E-state index in [0.29, 0.717) is 0 Å². The summed E-state index contributed by atoms with van der Waals surface area (Å²) in [5, 5.41) is 4.20. The molecular formula is C19H24ClFN2. The molecule has 0 saturated heterocycles. The Morgan fingerprint density at radius 1 is 0.957 bits per heavy atom. The van der Waals surface area contributed by atoms with Crippen LogP contribution in [0.5, 0.6) is 0 Å². The molecule has 0 saturated carbocycles. The fourth-order valence-corrected chi connectivity index (χ4v) is 2.72. The summed E-state index contributed by atoms with van der Waals surface area (Å²) in [6, 6.07) is 14.7. The van der Waals surface area contributed by atoms with Gasteiger partial charge in [0, 0.05) is 24.0 Å². The van der Waals surface area contributed by atoms with Gasteiger partial charge in [0.2, 0.25) is 0 Å². The van der Waals surface area contributed by atoms with Gasteiger partial charge < -0.3 is 10.2 Å². The Balaban J connectivity index is 2.05. The van der Waals surface area contributed by atoms with E-state index in [4.69, 9.17) is 11.6 Å².